The van der Waals surface area contributed by atoms with Gasteiger partial charge in [0.1, 0.15) is 17.4 Å². The van der Waals surface area contributed by atoms with Gasteiger partial charge in [-0.3, -0.25) is 4.79 Å². The van der Waals surface area contributed by atoms with Gasteiger partial charge in [0.2, 0.25) is 0 Å². The largest absolute Gasteiger partial charge is 0.507 e. The minimum atomic E-state index is -4.55. The lowest BCUT2D eigenvalue weighted by atomic mass is 10.1. The van der Waals surface area contributed by atoms with Gasteiger partial charge in [-0.15, -0.1) is 0 Å². The number of hydrogen-bond acceptors (Lipinski definition) is 4. The highest BCUT2D eigenvalue weighted by atomic mass is 19.4. The van der Waals surface area contributed by atoms with Crippen molar-refractivity contribution in [1.29, 1.82) is 5.26 Å². The fourth-order valence-electron chi connectivity index (χ4n) is 2.69. The molecule has 0 saturated heterocycles. The number of benzene rings is 3. The number of alkyl halides is 3. The number of anilines is 2. The van der Waals surface area contributed by atoms with Crippen LogP contribution in [0.2, 0.25) is 0 Å². The van der Waals surface area contributed by atoms with E-state index in [2.05, 4.69) is 10.6 Å². The second-order valence-electron chi connectivity index (χ2n) is 6.02. The first-order valence-corrected chi connectivity index (χ1v) is 8.36. The molecular weight excluding hydrogens is 383 g/mol. The molecule has 0 bridgehead atoms. The summed E-state index contributed by atoms with van der Waals surface area (Å²) < 4.78 is 38.4. The zero-order chi connectivity index (χ0) is 21.0. The lowest BCUT2D eigenvalue weighted by Crippen LogP contribution is -2.15. The standard InChI is InChI=1S/C21H14F3N3O2/c22-21(23,24)14-4-1-5-15(10-14)27-20(29)13(11-25)12-26-18-8-2-7-17-16(18)6-3-9-19(17)28/h1-10,12,26,28H,(H,27,29)/b13-12-. The predicted octanol–water partition coefficient (Wildman–Crippen LogP) is 5.02. The van der Waals surface area contributed by atoms with Crippen molar-refractivity contribution in [3.63, 3.8) is 0 Å². The normalized spacial score (nSPS) is 11.7. The summed E-state index contributed by atoms with van der Waals surface area (Å²) in [5, 5.41) is 25.5. The van der Waals surface area contributed by atoms with Gasteiger partial charge >= 0.3 is 6.18 Å². The van der Waals surface area contributed by atoms with E-state index in [0.29, 0.717) is 16.5 Å². The molecule has 0 saturated carbocycles. The van der Waals surface area contributed by atoms with Gasteiger partial charge in [0.15, 0.2) is 0 Å². The Kier molecular flexibility index (Phi) is 5.41. The summed E-state index contributed by atoms with van der Waals surface area (Å²) in [6.07, 6.45) is -3.39. The number of nitriles is 1. The van der Waals surface area contributed by atoms with Crippen LogP contribution in [0.25, 0.3) is 10.8 Å². The van der Waals surface area contributed by atoms with Gasteiger partial charge in [-0.25, -0.2) is 0 Å². The molecule has 0 radical (unpaired) electrons. The number of nitrogens with zero attached hydrogens (tertiary/aromatic N) is 1. The summed E-state index contributed by atoms with van der Waals surface area (Å²) in [5.41, 5.74) is -0.787. The number of carbonyl (C=O) groups is 1. The second kappa shape index (κ2) is 7.94. The van der Waals surface area contributed by atoms with Crippen molar-refractivity contribution in [2.24, 2.45) is 0 Å². The predicted molar refractivity (Wildman–Crippen MR) is 103 cm³/mol. The molecule has 29 heavy (non-hydrogen) atoms. The summed E-state index contributed by atoms with van der Waals surface area (Å²) in [6.45, 7) is 0. The maximum Gasteiger partial charge on any atom is 0.416 e. The molecule has 1 amide bonds. The van der Waals surface area contributed by atoms with Crippen molar-refractivity contribution in [1.82, 2.24) is 0 Å². The minimum absolute atomic E-state index is 0.0814. The third kappa shape index (κ3) is 4.47. The molecule has 3 N–H and O–H groups in total. The summed E-state index contributed by atoms with van der Waals surface area (Å²) in [5.74, 6) is -0.777. The maximum absolute atomic E-state index is 12.8. The molecule has 8 heteroatoms. The summed E-state index contributed by atoms with van der Waals surface area (Å²) in [6, 6.07) is 15.9. The summed E-state index contributed by atoms with van der Waals surface area (Å²) >= 11 is 0. The topological polar surface area (TPSA) is 85.2 Å². The zero-order valence-corrected chi connectivity index (χ0v) is 14.8. The third-order valence-electron chi connectivity index (χ3n) is 4.08. The van der Waals surface area contributed by atoms with E-state index in [1.54, 1.807) is 36.4 Å². The molecule has 0 unspecified atom stereocenters. The van der Waals surface area contributed by atoms with E-state index >= 15 is 0 Å². The number of phenols is 1. The van der Waals surface area contributed by atoms with E-state index in [0.717, 1.165) is 24.4 Å². The van der Waals surface area contributed by atoms with Crippen LogP contribution < -0.4 is 10.6 Å². The SMILES string of the molecule is N#C/C(=C/Nc1cccc2c(O)cccc12)C(=O)Nc1cccc(C(F)(F)F)c1. The van der Waals surface area contributed by atoms with Gasteiger partial charge in [0.25, 0.3) is 5.91 Å². The maximum atomic E-state index is 12.8. The van der Waals surface area contributed by atoms with Crippen LogP contribution in [-0.2, 0) is 11.0 Å². The molecule has 0 aliphatic heterocycles. The van der Waals surface area contributed by atoms with E-state index in [4.69, 9.17) is 0 Å². The van der Waals surface area contributed by atoms with Crippen LogP contribution in [0.15, 0.2) is 72.4 Å². The zero-order valence-electron chi connectivity index (χ0n) is 14.8. The smallest absolute Gasteiger partial charge is 0.416 e. The first kappa shape index (κ1) is 19.8. The van der Waals surface area contributed by atoms with Gasteiger partial charge in [-0.2, -0.15) is 18.4 Å². The van der Waals surface area contributed by atoms with Crippen LogP contribution >= 0.6 is 0 Å². The number of aromatic hydroxyl groups is 1. The molecule has 5 nitrogen and oxygen atoms in total. The third-order valence-corrected chi connectivity index (χ3v) is 4.08. The monoisotopic (exact) mass is 397 g/mol. The van der Waals surface area contributed by atoms with Crippen LogP contribution in [0, 0.1) is 11.3 Å². The Balaban J connectivity index is 1.82. The number of phenolic OH excluding ortho intramolecular Hbond substituents is 1. The lowest BCUT2D eigenvalue weighted by molar-refractivity contribution is -0.137. The molecule has 0 fully saturated rings. The van der Waals surface area contributed by atoms with Crippen molar-refractivity contribution in [2.75, 3.05) is 10.6 Å². The number of rotatable bonds is 4. The molecule has 146 valence electrons. The van der Waals surface area contributed by atoms with Gasteiger partial charge in [-0.05, 0) is 30.3 Å². The van der Waals surface area contributed by atoms with Crippen LogP contribution in [-0.4, -0.2) is 11.0 Å². The Morgan fingerprint density at radius 2 is 1.72 bits per heavy atom. The van der Waals surface area contributed by atoms with Crippen molar-refractivity contribution in [3.8, 4) is 11.8 Å². The fourth-order valence-corrected chi connectivity index (χ4v) is 2.69. The molecule has 0 aliphatic carbocycles. The number of nitrogens with one attached hydrogen (secondary N) is 2. The first-order chi connectivity index (χ1) is 13.8. The Morgan fingerprint density at radius 3 is 2.45 bits per heavy atom. The van der Waals surface area contributed by atoms with Gasteiger partial charge in [0.05, 0.1) is 5.56 Å². The van der Waals surface area contributed by atoms with E-state index in [1.165, 1.54) is 12.1 Å². The van der Waals surface area contributed by atoms with E-state index in [1.807, 2.05) is 0 Å². The molecule has 0 aliphatic rings. The Bertz CT molecular complexity index is 1150. The van der Waals surface area contributed by atoms with E-state index in [-0.39, 0.29) is 17.0 Å². The Labute approximate surface area is 163 Å². The lowest BCUT2D eigenvalue weighted by Gasteiger charge is -2.10. The number of carbonyl (C=O) groups excluding carboxylic acids is 1. The van der Waals surface area contributed by atoms with Crippen molar-refractivity contribution in [3.05, 3.63) is 78.0 Å². The van der Waals surface area contributed by atoms with Crippen molar-refractivity contribution in [2.45, 2.75) is 6.18 Å². The summed E-state index contributed by atoms with van der Waals surface area (Å²) in [7, 11) is 0. The fraction of sp³-hybridized carbons (Fsp3) is 0.0476. The quantitative estimate of drug-likeness (QED) is 0.426. The molecule has 0 heterocycles. The van der Waals surface area contributed by atoms with E-state index in [9.17, 15) is 28.3 Å². The molecular formula is C21H14F3N3O2. The average molecular weight is 397 g/mol. The molecule has 0 spiro atoms. The van der Waals surface area contributed by atoms with Crippen LogP contribution in [0.4, 0.5) is 24.5 Å². The van der Waals surface area contributed by atoms with Crippen molar-refractivity contribution < 1.29 is 23.1 Å². The number of amides is 1. The molecule has 0 aromatic heterocycles. The second-order valence-corrected chi connectivity index (χ2v) is 6.02. The number of fused-ring (bicyclic) bond motifs is 1. The molecule has 3 aromatic rings. The highest BCUT2D eigenvalue weighted by Gasteiger charge is 2.30. The molecule has 3 aromatic carbocycles. The minimum Gasteiger partial charge on any atom is -0.507 e. The highest BCUT2D eigenvalue weighted by Crippen LogP contribution is 2.31. The average Bonchev–Trinajstić information content (AvgIpc) is 2.68. The van der Waals surface area contributed by atoms with Gasteiger partial charge in [-0.1, -0.05) is 30.3 Å². The van der Waals surface area contributed by atoms with Crippen LogP contribution in [0.3, 0.4) is 0 Å². The molecule has 3 rings (SSSR count). The first-order valence-electron chi connectivity index (χ1n) is 8.36. The Morgan fingerprint density at radius 1 is 1.03 bits per heavy atom. The van der Waals surface area contributed by atoms with Crippen LogP contribution in [0.5, 0.6) is 5.75 Å². The van der Waals surface area contributed by atoms with Crippen molar-refractivity contribution >= 4 is 28.1 Å². The Hall–Kier alpha value is -3.99. The summed E-state index contributed by atoms with van der Waals surface area (Å²) in [4.78, 5) is 12.3. The highest BCUT2D eigenvalue weighted by molar-refractivity contribution is 6.07. The number of hydrogen-bond donors (Lipinski definition) is 3. The van der Waals surface area contributed by atoms with E-state index < -0.39 is 17.6 Å². The number of halogens is 3. The van der Waals surface area contributed by atoms with Crippen LogP contribution in [0.1, 0.15) is 5.56 Å². The van der Waals surface area contributed by atoms with Gasteiger partial charge < -0.3 is 15.7 Å². The van der Waals surface area contributed by atoms with Gasteiger partial charge in [0, 0.05) is 28.3 Å². The molecule has 0 atom stereocenters.